The first-order valence-corrected chi connectivity index (χ1v) is 6.67. The summed E-state index contributed by atoms with van der Waals surface area (Å²) >= 11 is 0. The van der Waals surface area contributed by atoms with Crippen LogP contribution in [0.25, 0.3) is 10.8 Å². The molecule has 0 heterocycles. The molecular formula is C18H17NO. The Morgan fingerprint density at radius 2 is 1.45 bits per heavy atom. The van der Waals surface area contributed by atoms with Crippen LogP contribution in [-0.2, 0) is 0 Å². The van der Waals surface area contributed by atoms with Gasteiger partial charge in [-0.25, -0.2) is 0 Å². The molecule has 0 radical (unpaired) electrons. The lowest BCUT2D eigenvalue weighted by Gasteiger charge is -2.17. The van der Waals surface area contributed by atoms with Gasteiger partial charge in [-0.05, 0) is 22.4 Å². The van der Waals surface area contributed by atoms with Gasteiger partial charge >= 0.3 is 0 Å². The Morgan fingerprint density at radius 1 is 0.800 bits per heavy atom. The van der Waals surface area contributed by atoms with Crippen LogP contribution in [0.15, 0.2) is 66.7 Å². The maximum atomic E-state index is 6.48. The molecule has 0 aliphatic carbocycles. The van der Waals surface area contributed by atoms with Crippen molar-refractivity contribution >= 4 is 10.8 Å². The fourth-order valence-electron chi connectivity index (χ4n) is 2.61. The maximum absolute atomic E-state index is 6.48. The van der Waals surface area contributed by atoms with E-state index in [1.165, 1.54) is 10.8 Å². The van der Waals surface area contributed by atoms with E-state index in [1.54, 1.807) is 7.11 Å². The smallest absolute Gasteiger partial charge is 0.123 e. The minimum Gasteiger partial charge on any atom is -0.496 e. The van der Waals surface area contributed by atoms with Gasteiger partial charge in [-0.2, -0.15) is 0 Å². The van der Waals surface area contributed by atoms with Crippen molar-refractivity contribution in [1.29, 1.82) is 0 Å². The summed E-state index contributed by atoms with van der Waals surface area (Å²) in [5.41, 5.74) is 8.60. The largest absolute Gasteiger partial charge is 0.496 e. The molecule has 0 aromatic heterocycles. The quantitative estimate of drug-likeness (QED) is 0.778. The van der Waals surface area contributed by atoms with Gasteiger partial charge in [-0.1, -0.05) is 60.7 Å². The Balaban J connectivity index is 2.15. The van der Waals surface area contributed by atoms with Crippen LogP contribution in [0, 0.1) is 0 Å². The molecule has 0 aliphatic heterocycles. The Hall–Kier alpha value is -2.32. The molecule has 0 fully saturated rings. The summed E-state index contributed by atoms with van der Waals surface area (Å²) in [7, 11) is 1.68. The predicted molar refractivity (Wildman–Crippen MR) is 83.0 cm³/mol. The lowest BCUT2D eigenvalue weighted by molar-refractivity contribution is 0.408. The third-order valence-electron chi connectivity index (χ3n) is 3.63. The van der Waals surface area contributed by atoms with Crippen molar-refractivity contribution in [2.45, 2.75) is 6.04 Å². The van der Waals surface area contributed by atoms with Crippen molar-refractivity contribution in [3.63, 3.8) is 0 Å². The molecule has 2 heteroatoms. The van der Waals surface area contributed by atoms with Crippen LogP contribution < -0.4 is 10.5 Å². The van der Waals surface area contributed by atoms with Crippen molar-refractivity contribution in [1.82, 2.24) is 0 Å². The second kappa shape index (κ2) is 5.35. The number of para-hydroxylation sites is 1. The van der Waals surface area contributed by atoms with Crippen molar-refractivity contribution in [2.24, 2.45) is 5.73 Å². The third-order valence-corrected chi connectivity index (χ3v) is 3.63. The molecule has 1 unspecified atom stereocenters. The summed E-state index contributed by atoms with van der Waals surface area (Å²) < 4.78 is 5.42. The summed E-state index contributed by atoms with van der Waals surface area (Å²) in [6.07, 6.45) is 0. The van der Waals surface area contributed by atoms with Crippen LogP contribution in [0.3, 0.4) is 0 Å². The highest BCUT2D eigenvalue weighted by Gasteiger charge is 2.15. The predicted octanol–water partition coefficient (Wildman–Crippen LogP) is 3.90. The van der Waals surface area contributed by atoms with Gasteiger partial charge in [-0.3, -0.25) is 0 Å². The molecule has 0 saturated carbocycles. The van der Waals surface area contributed by atoms with Gasteiger partial charge < -0.3 is 10.5 Å². The van der Waals surface area contributed by atoms with E-state index in [1.807, 2.05) is 42.5 Å². The molecular weight excluding hydrogens is 246 g/mol. The topological polar surface area (TPSA) is 35.2 Å². The molecule has 2 nitrogen and oxygen atoms in total. The normalized spacial score (nSPS) is 12.3. The van der Waals surface area contributed by atoms with Crippen molar-refractivity contribution in [2.75, 3.05) is 7.11 Å². The molecule has 0 saturated heterocycles. The average Bonchev–Trinajstić information content (AvgIpc) is 2.53. The van der Waals surface area contributed by atoms with Gasteiger partial charge in [-0.15, -0.1) is 0 Å². The summed E-state index contributed by atoms with van der Waals surface area (Å²) in [6.45, 7) is 0. The minimum atomic E-state index is -0.197. The van der Waals surface area contributed by atoms with E-state index in [0.717, 1.165) is 16.9 Å². The Kier molecular flexibility index (Phi) is 3.40. The number of nitrogens with two attached hydrogens (primary N) is 1. The number of fused-ring (bicyclic) bond motifs is 1. The van der Waals surface area contributed by atoms with E-state index >= 15 is 0 Å². The Bertz CT molecular complexity index is 731. The van der Waals surface area contributed by atoms with Gasteiger partial charge in [0.05, 0.1) is 13.2 Å². The highest BCUT2D eigenvalue weighted by molar-refractivity contribution is 5.86. The SMILES string of the molecule is COc1ccccc1C(N)c1cccc2ccccc12. The molecule has 0 aliphatic rings. The van der Waals surface area contributed by atoms with Crippen molar-refractivity contribution in [3.8, 4) is 5.75 Å². The van der Waals surface area contributed by atoms with Crippen molar-refractivity contribution < 1.29 is 4.74 Å². The van der Waals surface area contributed by atoms with E-state index in [2.05, 4.69) is 24.3 Å². The van der Waals surface area contributed by atoms with Crippen LogP contribution in [0.2, 0.25) is 0 Å². The minimum absolute atomic E-state index is 0.197. The van der Waals surface area contributed by atoms with Gasteiger partial charge in [0.1, 0.15) is 5.75 Å². The molecule has 0 amide bonds. The number of benzene rings is 3. The number of methoxy groups -OCH3 is 1. The van der Waals surface area contributed by atoms with E-state index in [9.17, 15) is 0 Å². The van der Waals surface area contributed by atoms with Crippen molar-refractivity contribution in [3.05, 3.63) is 77.9 Å². The Labute approximate surface area is 118 Å². The van der Waals surface area contributed by atoms with Crippen LogP contribution >= 0.6 is 0 Å². The first-order chi connectivity index (χ1) is 9.81. The van der Waals surface area contributed by atoms with Gasteiger partial charge in [0, 0.05) is 5.56 Å². The Morgan fingerprint density at radius 3 is 2.30 bits per heavy atom. The molecule has 20 heavy (non-hydrogen) atoms. The first-order valence-electron chi connectivity index (χ1n) is 6.67. The van der Waals surface area contributed by atoms with E-state index in [0.29, 0.717) is 0 Å². The fraction of sp³-hybridized carbons (Fsp3) is 0.111. The summed E-state index contributed by atoms with van der Waals surface area (Å²) in [5.74, 6) is 0.827. The average molecular weight is 263 g/mol. The number of rotatable bonds is 3. The number of hydrogen-bond donors (Lipinski definition) is 1. The van der Waals surface area contributed by atoms with Crippen LogP contribution in [-0.4, -0.2) is 7.11 Å². The first kappa shape index (κ1) is 12.7. The maximum Gasteiger partial charge on any atom is 0.123 e. The highest BCUT2D eigenvalue weighted by atomic mass is 16.5. The molecule has 0 bridgehead atoms. The molecule has 1 atom stereocenters. The molecule has 3 rings (SSSR count). The highest BCUT2D eigenvalue weighted by Crippen LogP contribution is 2.31. The van der Waals surface area contributed by atoms with Gasteiger partial charge in [0.15, 0.2) is 0 Å². The zero-order valence-electron chi connectivity index (χ0n) is 11.4. The third kappa shape index (κ3) is 2.15. The van der Waals surface area contributed by atoms with E-state index in [4.69, 9.17) is 10.5 Å². The van der Waals surface area contributed by atoms with Gasteiger partial charge in [0.2, 0.25) is 0 Å². The summed E-state index contributed by atoms with van der Waals surface area (Å²) in [4.78, 5) is 0. The zero-order valence-corrected chi connectivity index (χ0v) is 11.4. The monoisotopic (exact) mass is 263 g/mol. The molecule has 100 valence electrons. The van der Waals surface area contributed by atoms with Crippen LogP contribution in [0.5, 0.6) is 5.75 Å². The summed E-state index contributed by atoms with van der Waals surface area (Å²) in [5, 5.41) is 2.39. The second-order valence-electron chi connectivity index (χ2n) is 4.79. The second-order valence-corrected chi connectivity index (χ2v) is 4.79. The molecule has 3 aromatic carbocycles. The zero-order chi connectivity index (χ0) is 13.9. The lowest BCUT2D eigenvalue weighted by atomic mass is 9.94. The molecule has 0 spiro atoms. The standard InChI is InChI=1S/C18H17NO/c1-20-17-12-5-4-10-16(17)18(19)15-11-6-8-13-7-2-3-9-14(13)15/h2-12,18H,19H2,1H3. The summed E-state index contributed by atoms with van der Waals surface area (Å²) in [6, 6.07) is 22.2. The van der Waals surface area contributed by atoms with E-state index in [-0.39, 0.29) is 6.04 Å². The molecule has 3 aromatic rings. The van der Waals surface area contributed by atoms with E-state index < -0.39 is 0 Å². The fourth-order valence-corrected chi connectivity index (χ4v) is 2.61. The molecule has 2 N–H and O–H groups in total. The van der Waals surface area contributed by atoms with Crippen LogP contribution in [0.1, 0.15) is 17.2 Å². The number of ether oxygens (including phenoxy) is 1. The van der Waals surface area contributed by atoms with Gasteiger partial charge in [0.25, 0.3) is 0 Å². The lowest BCUT2D eigenvalue weighted by Crippen LogP contribution is -2.13. The van der Waals surface area contributed by atoms with Crippen LogP contribution in [0.4, 0.5) is 0 Å². The number of hydrogen-bond acceptors (Lipinski definition) is 2.